The summed E-state index contributed by atoms with van der Waals surface area (Å²) in [4.78, 5) is 11.2. The molecule has 116 valence electrons. The Kier molecular flexibility index (Phi) is 4.64. The number of nitrogens with one attached hydrogen (secondary N) is 1. The highest BCUT2D eigenvalue weighted by Gasteiger charge is 2.33. The minimum Gasteiger partial charge on any atom is -0.481 e. The Labute approximate surface area is 119 Å². The summed E-state index contributed by atoms with van der Waals surface area (Å²) in [7, 11) is 0. The molecule has 1 aromatic rings. The molecule has 21 heavy (non-hydrogen) atoms. The van der Waals surface area contributed by atoms with Crippen LogP contribution in [0.15, 0.2) is 12.1 Å². The zero-order chi connectivity index (χ0) is 15.5. The molecule has 1 heterocycles. The number of alkyl halides is 3. The van der Waals surface area contributed by atoms with Crippen molar-refractivity contribution in [2.75, 3.05) is 11.9 Å². The number of halogens is 3. The van der Waals surface area contributed by atoms with E-state index in [0.29, 0.717) is 13.0 Å². The topological polar surface area (TPSA) is 75.1 Å². The summed E-state index contributed by atoms with van der Waals surface area (Å²) in [6, 6.07) is 2.05. The van der Waals surface area contributed by atoms with Crippen LogP contribution >= 0.6 is 0 Å². The first-order valence-corrected chi connectivity index (χ1v) is 6.75. The molecule has 2 N–H and O–H groups in total. The molecule has 1 saturated carbocycles. The summed E-state index contributed by atoms with van der Waals surface area (Å²) in [5.41, 5.74) is -1.05. The highest BCUT2D eigenvalue weighted by Crippen LogP contribution is 2.31. The molecule has 2 atom stereocenters. The Morgan fingerprint density at radius 3 is 2.57 bits per heavy atom. The molecule has 0 aliphatic heterocycles. The molecule has 1 aliphatic carbocycles. The fourth-order valence-electron chi connectivity index (χ4n) is 2.59. The molecule has 0 saturated heterocycles. The van der Waals surface area contributed by atoms with Gasteiger partial charge in [-0.25, -0.2) is 0 Å². The number of carboxylic acids is 1. The lowest BCUT2D eigenvalue weighted by atomic mass is 9.79. The fraction of sp³-hybridized carbons (Fsp3) is 0.615. The van der Waals surface area contributed by atoms with Gasteiger partial charge >= 0.3 is 12.1 Å². The standard InChI is InChI=1S/C13H16F3N3O2/c14-13(15,16)10-5-6-11(19-18-10)17-7-8-3-1-2-4-9(8)12(20)21/h5-6,8-9H,1-4,7H2,(H,17,19)(H,20,21). The van der Waals surface area contributed by atoms with Crippen molar-refractivity contribution in [2.24, 2.45) is 11.8 Å². The van der Waals surface area contributed by atoms with Crippen LogP contribution in [0.5, 0.6) is 0 Å². The number of nitrogens with zero attached hydrogens (tertiary/aromatic N) is 2. The molecule has 1 aromatic heterocycles. The van der Waals surface area contributed by atoms with Crippen LogP contribution in [0.4, 0.5) is 19.0 Å². The molecule has 1 aliphatic rings. The molecule has 5 nitrogen and oxygen atoms in total. The van der Waals surface area contributed by atoms with Crippen LogP contribution in [0.25, 0.3) is 0 Å². The van der Waals surface area contributed by atoms with Crippen molar-refractivity contribution >= 4 is 11.8 Å². The van der Waals surface area contributed by atoms with Gasteiger partial charge in [-0.05, 0) is 30.9 Å². The van der Waals surface area contributed by atoms with Crippen molar-refractivity contribution in [1.82, 2.24) is 10.2 Å². The van der Waals surface area contributed by atoms with E-state index in [1.807, 2.05) is 0 Å². The minimum absolute atomic E-state index is 0.0413. The second-order valence-electron chi connectivity index (χ2n) is 5.17. The minimum atomic E-state index is -4.51. The monoisotopic (exact) mass is 303 g/mol. The van der Waals surface area contributed by atoms with Gasteiger partial charge in [-0.3, -0.25) is 4.79 Å². The molecule has 1 fully saturated rings. The second-order valence-corrected chi connectivity index (χ2v) is 5.17. The third-order valence-corrected chi connectivity index (χ3v) is 3.73. The Hall–Kier alpha value is -1.86. The van der Waals surface area contributed by atoms with E-state index in [-0.39, 0.29) is 11.7 Å². The lowest BCUT2D eigenvalue weighted by molar-refractivity contribution is -0.144. The Balaban J connectivity index is 1.94. The van der Waals surface area contributed by atoms with Gasteiger partial charge in [-0.1, -0.05) is 12.8 Å². The predicted molar refractivity (Wildman–Crippen MR) is 68.6 cm³/mol. The number of hydrogen-bond donors (Lipinski definition) is 2. The molecular weight excluding hydrogens is 287 g/mol. The van der Waals surface area contributed by atoms with Gasteiger partial charge in [0.15, 0.2) is 5.69 Å². The zero-order valence-corrected chi connectivity index (χ0v) is 11.2. The summed E-state index contributed by atoms with van der Waals surface area (Å²) >= 11 is 0. The number of carboxylic acid groups (broad SMARTS) is 1. The van der Waals surface area contributed by atoms with Crippen LogP contribution in [0.2, 0.25) is 0 Å². The van der Waals surface area contributed by atoms with Crippen molar-refractivity contribution in [3.8, 4) is 0 Å². The average Bonchev–Trinajstić information content (AvgIpc) is 2.45. The van der Waals surface area contributed by atoms with Gasteiger partial charge in [0, 0.05) is 6.54 Å². The van der Waals surface area contributed by atoms with E-state index in [1.165, 1.54) is 6.07 Å². The van der Waals surface area contributed by atoms with E-state index < -0.39 is 23.8 Å². The molecule has 2 unspecified atom stereocenters. The lowest BCUT2D eigenvalue weighted by Crippen LogP contribution is -2.32. The SMILES string of the molecule is O=C(O)C1CCCCC1CNc1ccc(C(F)(F)F)nn1. The smallest absolute Gasteiger partial charge is 0.435 e. The summed E-state index contributed by atoms with van der Waals surface area (Å²) in [5.74, 6) is -1.05. The fourth-order valence-corrected chi connectivity index (χ4v) is 2.59. The molecular formula is C13H16F3N3O2. The maximum absolute atomic E-state index is 12.3. The Bertz CT molecular complexity index is 490. The van der Waals surface area contributed by atoms with Crippen LogP contribution in [-0.4, -0.2) is 27.8 Å². The van der Waals surface area contributed by atoms with Crippen LogP contribution in [0.3, 0.4) is 0 Å². The largest absolute Gasteiger partial charge is 0.481 e. The summed E-state index contributed by atoms with van der Waals surface area (Å²) in [5, 5.41) is 18.6. The number of aliphatic carboxylic acids is 1. The number of rotatable bonds is 4. The van der Waals surface area contributed by atoms with E-state index >= 15 is 0 Å². The third kappa shape index (κ3) is 4.05. The first kappa shape index (κ1) is 15.5. The molecule has 0 amide bonds. The molecule has 0 spiro atoms. The maximum atomic E-state index is 12.3. The van der Waals surface area contributed by atoms with Gasteiger partial charge in [-0.2, -0.15) is 13.2 Å². The Morgan fingerprint density at radius 2 is 2.00 bits per heavy atom. The van der Waals surface area contributed by atoms with Gasteiger partial charge < -0.3 is 10.4 Å². The van der Waals surface area contributed by atoms with Gasteiger partial charge in [0.1, 0.15) is 5.82 Å². The van der Waals surface area contributed by atoms with E-state index in [4.69, 9.17) is 5.11 Å². The number of hydrogen-bond acceptors (Lipinski definition) is 4. The van der Waals surface area contributed by atoms with Crippen LogP contribution in [-0.2, 0) is 11.0 Å². The molecule has 8 heteroatoms. The molecule has 0 aromatic carbocycles. The van der Waals surface area contributed by atoms with E-state index in [1.54, 1.807) is 0 Å². The van der Waals surface area contributed by atoms with E-state index in [9.17, 15) is 18.0 Å². The van der Waals surface area contributed by atoms with E-state index in [0.717, 1.165) is 25.3 Å². The van der Waals surface area contributed by atoms with Crippen molar-refractivity contribution in [3.05, 3.63) is 17.8 Å². The molecule has 0 radical (unpaired) electrons. The third-order valence-electron chi connectivity index (χ3n) is 3.73. The lowest BCUT2D eigenvalue weighted by Gasteiger charge is -2.28. The predicted octanol–water partition coefficient (Wildman–Crippen LogP) is 2.80. The van der Waals surface area contributed by atoms with Crippen LogP contribution in [0, 0.1) is 11.8 Å². The van der Waals surface area contributed by atoms with Crippen molar-refractivity contribution < 1.29 is 23.1 Å². The number of anilines is 1. The normalized spacial score (nSPS) is 22.8. The Morgan fingerprint density at radius 1 is 1.29 bits per heavy atom. The van der Waals surface area contributed by atoms with Gasteiger partial charge in [0.05, 0.1) is 5.92 Å². The first-order valence-electron chi connectivity index (χ1n) is 6.75. The second kappa shape index (κ2) is 6.28. The summed E-state index contributed by atoms with van der Waals surface area (Å²) in [6.07, 6.45) is -1.22. The zero-order valence-electron chi connectivity index (χ0n) is 11.2. The summed E-state index contributed by atoms with van der Waals surface area (Å²) in [6.45, 7) is 0.372. The quantitative estimate of drug-likeness (QED) is 0.894. The van der Waals surface area contributed by atoms with Crippen molar-refractivity contribution in [2.45, 2.75) is 31.9 Å². The van der Waals surface area contributed by atoms with E-state index in [2.05, 4.69) is 15.5 Å². The summed E-state index contributed by atoms with van der Waals surface area (Å²) < 4.78 is 37.0. The van der Waals surface area contributed by atoms with Crippen LogP contribution < -0.4 is 5.32 Å². The van der Waals surface area contributed by atoms with Crippen LogP contribution in [0.1, 0.15) is 31.4 Å². The number of carbonyl (C=O) groups is 1. The van der Waals surface area contributed by atoms with Gasteiger partial charge in [0.25, 0.3) is 0 Å². The van der Waals surface area contributed by atoms with Crippen molar-refractivity contribution in [1.29, 1.82) is 0 Å². The van der Waals surface area contributed by atoms with Gasteiger partial charge in [-0.15, -0.1) is 10.2 Å². The average molecular weight is 303 g/mol. The maximum Gasteiger partial charge on any atom is 0.435 e. The first-order chi connectivity index (χ1) is 9.88. The van der Waals surface area contributed by atoms with Gasteiger partial charge in [0.2, 0.25) is 0 Å². The highest BCUT2D eigenvalue weighted by atomic mass is 19.4. The van der Waals surface area contributed by atoms with Crippen molar-refractivity contribution in [3.63, 3.8) is 0 Å². The molecule has 0 bridgehead atoms. The highest BCUT2D eigenvalue weighted by molar-refractivity contribution is 5.70. The number of aromatic nitrogens is 2. The molecule has 2 rings (SSSR count).